The summed E-state index contributed by atoms with van der Waals surface area (Å²) in [5, 5.41) is 2.66. The summed E-state index contributed by atoms with van der Waals surface area (Å²) in [6.07, 6.45) is 1.80. The number of amides is 1. The standard InChI is InChI=1S/C21H21N5O3/c1-22-20(27)13-2-5-18-17(10-13)23-19(12-6-8-29-9-7-12)26(18)14-3-4-15-16(11-14)25-21(28)24-15/h2-5,10-12H,6-9H2,1H3,(H,22,27)(H2,24,25,28). The van der Waals surface area contributed by atoms with Crippen LogP contribution in [0.15, 0.2) is 41.2 Å². The molecule has 2 aromatic heterocycles. The molecule has 0 spiro atoms. The van der Waals surface area contributed by atoms with Crippen molar-refractivity contribution in [1.29, 1.82) is 0 Å². The first-order chi connectivity index (χ1) is 14.1. The molecule has 0 aliphatic carbocycles. The number of nitrogens with zero attached hydrogens (tertiary/aromatic N) is 2. The highest BCUT2D eigenvalue weighted by atomic mass is 16.5. The van der Waals surface area contributed by atoms with Gasteiger partial charge in [0.1, 0.15) is 5.82 Å². The molecule has 1 fully saturated rings. The molecule has 148 valence electrons. The average molecular weight is 391 g/mol. The molecule has 0 saturated carbocycles. The van der Waals surface area contributed by atoms with E-state index in [1.54, 1.807) is 7.05 Å². The van der Waals surface area contributed by atoms with Crippen LogP contribution in [0.3, 0.4) is 0 Å². The highest BCUT2D eigenvalue weighted by Crippen LogP contribution is 2.32. The number of aromatic amines is 2. The Hall–Kier alpha value is -3.39. The van der Waals surface area contributed by atoms with Gasteiger partial charge in [0.2, 0.25) is 0 Å². The summed E-state index contributed by atoms with van der Waals surface area (Å²) in [4.78, 5) is 34.3. The number of imidazole rings is 2. The quantitative estimate of drug-likeness (QED) is 0.499. The van der Waals surface area contributed by atoms with Crippen LogP contribution in [0, 0.1) is 0 Å². The number of hydrogen-bond acceptors (Lipinski definition) is 4. The number of rotatable bonds is 3. The molecule has 1 saturated heterocycles. The second kappa shape index (κ2) is 6.89. The smallest absolute Gasteiger partial charge is 0.323 e. The molecule has 0 unspecified atom stereocenters. The highest BCUT2D eigenvalue weighted by Gasteiger charge is 2.24. The Balaban J connectivity index is 1.73. The fraction of sp³-hybridized carbons (Fsp3) is 0.286. The van der Waals surface area contributed by atoms with Gasteiger partial charge >= 0.3 is 5.69 Å². The van der Waals surface area contributed by atoms with Gasteiger partial charge in [0.15, 0.2) is 0 Å². The van der Waals surface area contributed by atoms with Crippen LogP contribution in [0.1, 0.15) is 34.9 Å². The zero-order valence-electron chi connectivity index (χ0n) is 16.0. The monoisotopic (exact) mass is 391 g/mol. The van der Waals surface area contributed by atoms with Gasteiger partial charge in [0.05, 0.1) is 22.1 Å². The van der Waals surface area contributed by atoms with E-state index in [1.165, 1.54) is 0 Å². The largest absolute Gasteiger partial charge is 0.381 e. The van der Waals surface area contributed by atoms with E-state index in [4.69, 9.17) is 9.72 Å². The van der Waals surface area contributed by atoms with Gasteiger partial charge in [-0.25, -0.2) is 9.78 Å². The first kappa shape index (κ1) is 17.7. The van der Waals surface area contributed by atoms with Crippen LogP contribution in [0.4, 0.5) is 0 Å². The van der Waals surface area contributed by atoms with E-state index in [-0.39, 0.29) is 17.5 Å². The van der Waals surface area contributed by atoms with E-state index in [1.807, 2.05) is 36.4 Å². The maximum atomic E-state index is 12.1. The molecule has 4 aromatic rings. The van der Waals surface area contributed by atoms with E-state index in [0.29, 0.717) is 18.8 Å². The molecule has 0 bridgehead atoms. The van der Waals surface area contributed by atoms with Crippen LogP contribution >= 0.6 is 0 Å². The number of nitrogens with one attached hydrogen (secondary N) is 3. The van der Waals surface area contributed by atoms with E-state index in [2.05, 4.69) is 19.9 Å². The number of H-pyrrole nitrogens is 2. The molecule has 2 aromatic carbocycles. The minimum absolute atomic E-state index is 0.139. The molecular weight excluding hydrogens is 370 g/mol. The van der Waals surface area contributed by atoms with Crippen molar-refractivity contribution >= 4 is 28.0 Å². The summed E-state index contributed by atoms with van der Waals surface area (Å²) in [6.45, 7) is 1.42. The predicted molar refractivity (Wildman–Crippen MR) is 110 cm³/mol. The van der Waals surface area contributed by atoms with Gasteiger partial charge < -0.3 is 20.0 Å². The number of benzene rings is 2. The minimum Gasteiger partial charge on any atom is -0.381 e. The summed E-state index contributed by atoms with van der Waals surface area (Å²) < 4.78 is 7.66. The lowest BCUT2D eigenvalue weighted by Crippen LogP contribution is -2.17. The van der Waals surface area contributed by atoms with Gasteiger partial charge in [0.25, 0.3) is 5.91 Å². The van der Waals surface area contributed by atoms with Crippen LogP contribution in [0.2, 0.25) is 0 Å². The lowest BCUT2D eigenvalue weighted by atomic mass is 9.99. The van der Waals surface area contributed by atoms with Crippen LogP contribution in [-0.4, -0.2) is 45.7 Å². The molecular formula is C21H21N5O3. The van der Waals surface area contributed by atoms with Gasteiger partial charge in [-0.15, -0.1) is 0 Å². The van der Waals surface area contributed by atoms with Gasteiger partial charge in [-0.3, -0.25) is 9.36 Å². The zero-order chi connectivity index (χ0) is 20.0. The molecule has 3 N–H and O–H groups in total. The van der Waals surface area contributed by atoms with Crippen molar-refractivity contribution < 1.29 is 9.53 Å². The Morgan fingerprint density at radius 2 is 1.93 bits per heavy atom. The van der Waals surface area contributed by atoms with Crippen molar-refractivity contribution in [2.75, 3.05) is 20.3 Å². The molecule has 8 heteroatoms. The second-order valence-corrected chi connectivity index (χ2v) is 7.28. The van der Waals surface area contributed by atoms with Crippen LogP contribution in [0.5, 0.6) is 0 Å². The van der Waals surface area contributed by atoms with E-state index < -0.39 is 0 Å². The zero-order valence-corrected chi connectivity index (χ0v) is 16.0. The van der Waals surface area contributed by atoms with Crippen LogP contribution in [0.25, 0.3) is 27.8 Å². The van der Waals surface area contributed by atoms with Crippen molar-refractivity contribution in [2.45, 2.75) is 18.8 Å². The molecule has 5 rings (SSSR count). The molecule has 1 aliphatic rings. The van der Waals surface area contributed by atoms with E-state index in [0.717, 1.165) is 46.4 Å². The number of fused-ring (bicyclic) bond motifs is 2. The van der Waals surface area contributed by atoms with E-state index >= 15 is 0 Å². The molecule has 0 atom stereocenters. The highest BCUT2D eigenvalue weighted by molar-refractivity contribution is 5.97. The molecule has 0 radical (unpaired) electrons. The van der Waals surface area contributed by atoms with Gasteiger partial charge in [-0.1, -0.05) is 0 Å². The van der Waals surface area contributed by atoms with Gasteiger partial charge in [-0.2, -0.15) is 0 Å². The Morgan fingerprint density at radius 1 is 1.14 bits per heavy atom. The van der Waals surface area contributed by atoms with Crippen LogP contribution in [-0.2, 0) is 4.74 Å². The fourth-order valence-corrected chi connectivity index (χ4v) is 4.05. The lowest BCUT2D eigenvalue weighted by molar-refractivity contribution is 0.0834. The molecule has 1 amide bonds. The summed E-state index contributed by atoms with van der Waals surface area (Å²) >= 11 is 0. The van der Waals surface area contributed by atoms with E-state index in [9.17, 15) is 9.59 Å². The van der Waals surface area contributed by atoms with Crippen LogP contribution < -0.4 is 11.0 Å². The maximum Gasteiger partial charge on any atom is 0.323 e. The third-order valence-electron chi connectivity index (χ3n) is 5.51. The molecule has 3 heterocycles. The average Bonchev–Trinajstić information content (AvgIpc) is 3.32. The number of hydrogen-bond donors (Lipinski definition) is 3. The Bertz CT molecular complexity index is 1280. The van der Waals surface area contributed by atoms with Crippen molar-refractivity contribution in [3.63, 3.8) is 0 Å². The second-order valence-electron chi connectivity index (χ2n) is 7.28. The third-order valence-corrected chi connectivity index (χ3v) is 5.51. The van der Waals surface area contributed by atoms with Gasteiger partial charge in [0, 0.05) is 37.4 Å². The number of aromatic nitrogens is 4. The fourth-order valence-electron chi connectivity index (χ4n) is 4.05. The SMILES string of the molecule is CNC(=O)c1ccc2c(c1)nc(C1CCOCC1)n2-c1ccc2[nH]c(=O)[nH]c2c1. The topological polar surface area (TPSA) is 105 Å². The number of carbonyl (C=O) groups excluding carboxylic acids is 1. The van der Waals surface area contributed by atoms with Crippen molar-refractivity contribution in [2.24, 2.45) is 0 Å². The maximum absolute atomic E-state index is 12.1. The molecule has 8 nitrogen and oxygen atoms in total. The third kappa shape index (κ3) is 3.01. The summed E-state index contributed by atoms with van der Waals surface area (Å²) in [5.41, 5.74) is 4.48. The normalized spacial score (nSPS) is 15.2. The lowest BCUT2D eigenvalue weighted by Gasteiger charge is -2.22. The van der Waals surface area contributed by atoms with Crippen molar-refractivity contribution in [3.05, 3.63) is 58.3 Å². The predicted octanol–water partition coefficient (Wildman–Crippen LogP) is 2.45. The first-order valence-electron chi connectivity index (χ1n) is 9.68. The van der Waals surface area contributed by atoms with Crippen molar-refractivity contribution in [1.82, 2.24) is 24.8 Å². The number of ether oxygens (including phenoxy) is 1. The summed E-state index contributed by atoms with van der Waals surface area (Å²) in [7, 11) is 1.62. The summed E-state index contributed by atoms with van der Waals surface area (Å²) in [6, 6.07) is 11.4. The Morgan fingerprint density at radius 3 is 2.72 bits per heavy atom. The first-order valence-corrected chi connectivity index (χ1v) is 9.68. The van der Waals surface area contributed by atoms with Gasteiger partial charge in [-0.05, 0) is 49.2 Å². The Labute approximate surface area is 165 Å². The molecule has 29 heavy (non-hydrogen) atoms. The Kier molecular flexibility index (Phi) is 4.21. The van der Waals surface area contributed by atoms with Crippen molar-refractivity contribution in [3.8, 4) is 5.69 Å². The summed E-state index contributed by atoms with van der Waals surface area (Å²) in [5.74, 6) is 1.08. The number of carbonyl (C=O) groups is 1. The minimum atomic E-state index is -0.229. The molecule has 1 aliphatic heterocycles.